The lowest BCUT2D eigenvalue weighted by atomic mass is 10.2. The van der Waals surface area contributed by atoms with Crippen molar-refractivity contribution in [2.45, 2.75) is 13.1 Å². The summed E-state index contributed by atoms with van der Waals surface area (Å²) in [7, 11) is 1.37. The van der Waals surface area contributed by atoms with Crippen LogP contribution in [0.15, 0.2) is 41.5 Å². The van der Waals surface area contributed by atoms with Gasteiger partial charge in [-0.3, -0.25) is 5.01 Å². The summed E-state index contributed by atoms with van der Waals surface area (Å²) in [5.41, 5.74) is 11.0. The molecule has 0 spiro atoms. The number of nitrogens with one attached hydrogen (secondary N) is 1. The number of hydrazine groups is 1. The molecule has 0 radical (unpaired) electrons. The van der Waals surface area contributed by atoms with Gasteiger partial charge in [-0.25, -0.2) is 14.6 Å². The molecule has 7 N–H and O–H groups in total. The summed E-state index contributed by atoms with van der Waals surface area (Å²) in [6.07, 6.45) is 0.274. The average molecular weight is 308 g/mol. The second-order valence-corrected chi connectivity index (χ2v) is 4.63. The monoisotopic (exact) mass is 308 g/mol. The van der Waals surface area contributed by atoms with Crippen molar-refractivity contribution in [2.24, 2.45) is 17.3 Å². The number of nitrogens with two attached hydrogens (primary N) is 3. The highest BCUT2D eigenvalue weighted by Gasteiger charge is 2.14. The maximum atomic E-state index is 14.2. The minimum atomic E-state index is -0.825. The van der Waals surface area contributed by atoms with E-state index in [9.17, 15) is 8.78 Å². The fourth-order valence-corrected chi connectivity index (χ4v) is 1.52. The number of nitrogens with zero attached hydrogens (tertiary/aromatic N) is 2. The van der Waals surface area contributed by atoms with E-state index in [-0.39, 0.29) is 17.1 Å². The van der Waals surface area contributed by atoms with E-state index in [2.05, 4.69) is 5.32 Å². The maximum absolute atomic E-state index is 14.2. The summed E-state index contributed by atoms with van der Waals surface area (Å²) in [4.78, 5) is 0. The minimum absolute atomic E-state index is 0.0791. The van der Waals surface area contributed by atoms with Crippen molar-refractivity contribution >= 4 is 5.69 Å². The van der Waals surface area contributed by atoms with Gasteiger partial charge in [-0.05, 0) is 30.7 Å². The third kappa shape index (κ3) is 4.26. The number of anilines is 1. The second kappa shape index (κ2) is 7.51. The normalized spacial score (nSPS) is 12.8. The second-order valence-electron chi connectivity index (χ2n) is 4.63. The molecule has 0 saturated heterocycles. The van der Waals surface area contributed by atoms with Gasteiger partial charge in [0.2, 0.25) is 0 Å². The number of hydrogen-bond acceptors (Lipinski definition) is 6. The molecule has 0 bridgehead atoms. The van der Waals surface area contributed by atoms with E-state index in [4.69, 9.17) is 22.6 Å². The fourth-order valence-electron chi connectivity index (χ4n) is 1.52. The van der Waals surface area contributed by atoms with Gasteiger partial charge in [-0.2, -0.15) is 5.26 Å². The molecule has 22 heavy (non-hydrogen) atoms. The molecule has 0 fully saturated rings. The molecule has 1 aromatic rings. The first kappa shape index (κ1) is 17.6. The van der Waals surface area contributed by atoms with Gasteiger partial charge >= 0.3 is 0 Å². The highest BCUT2D eigenvalue weighted by atomic mass is 19.1. The Hall–Kier alpha value is -2.47. The minimum Gasteiger partial charge on any atom is -0.336 e. The zero-order valence-electron chi connectivity index (χ0n) is 12.3. The van der Waals surface area contributed by atoms with Crippen LogP contribution in [0.5, 0.6) is 0 Å². The lowest BCUT2D eigenvalue weighted by Gasteiger charge is -2.20. The van der Waals surface area contributed by atoms with Crippen LogP contribution in [0.4, 0.5) is 14.5 Å². The summed E-state index contributed by atoms with van der Waals surface area (Å²) >= 11 is 0. The van der Waals surface area contributed by atoms with Gasteiger partial charge in [0.15, 0.2) is 17.5 Å². The lowest BCUT2D eigenvalue weighted by molar-refractivity contribution is 0.423. The fraction of sp³-hybridized carbons (Fsp3) is 0.214. The van der Waals surface area contributed by atoms with Crippen LogP contribution in [0, 0.1) is 17.1 Å². The third-order valence-electron chi connectivity index (χ3n) is 2.83. The van der Waals surface area contributed by atoms with Crippen LogP contribution in [0.25, 0.3) is 0 Å². The number of benzene rings is 1. The summed E-state index contributed by atoms with van der Waals surface area (Å²) in [6.45, 7) is 1.55. The van der Waals surface area contributed by atoms with E-state index < -0.39 is 17.8 Å². The third-order valence-corrected chi connectivity index (χ3v) is 2.83. The van der Waals surface area contributed by atoms with Crippen molar-refractivity contribution in [3.8, 4) is 6.07 Å². The molecule has 0 atom stereocenters. The summed E-state index contributed by atoms with van der Waals surface area (Å²) in [5.74, 6) is 3.78. The highest BCUT2D eigenvalue weighted by Crippen LogP contribution is 2.21. The highest BCUT2D eigenvalue weighted by molar-refractivity contribution is 5.55. The van der Waals surface area contributed by atoms with Gasteiger partial charge in [0, 0.05) is 7.05 Å². The Kier molecular flexibility index (Phi) is 6.00. The van der Waals surface area contributed by atoms with E-state index in [0.29, 0.717) is 5.57 Å². The van der Waals surface area contributed by atoms with Gasteiger partial charge < -0.3 is 16.8 Å². The largest absolute Gasteiger partial charge is 0.336 e. The van der Waals surface area contributed by atoms with Crippen LogP contribution in [0.1, 0.15) is 12.5 Å². The average Bonchev–Trinajstić information content (AvgIpc) is 2.45. The molecule has 0 amide bonds. The Balaban J connectivity index is 3.25. The van der Waals surface area contributed by atoms with Crippen LogP contribution in [-0.4, -0.2) is 18.2 Å². The smallest absolute Gasteiger partial charge is 0.165 e. The zero-order chi connectivity index (χ0) is 16.9. The predicted octanol–water partition coefficient (Wildman–Crippen LogP) is 1.24. The molecular weight excluding hydrogens is 290 g/mol. The Morgan fingerprint density at radius 1 is 1.45 bits per heavy atom. The Labute approximate surface area is 127 Å². The molecule has 0 aromatic heterocycles. The van der Waals surface area contributed by atoms with E-state index in [0.717, 1.165) is 11.1 Å². The van der Waals surface area contributed by atoms with Crippen LogP contribution >= 0.6 is 0 Å². The Morgan fingerprint density at radius 2 is 2.09 bits per heavy atom. The molecule has 6 nitrogen and oxygen atoms in total. The summed E-state index contributed by atoms with van der Waals surface area (Å²) in [6, 6.07) is 5.83. The number of hydrogen-bond donors (Lipinski definition) is 4. The molecule has 1 rings (SSSR count). The molecule has 0 unspecified atom stereocenters. The van der Waals surface area contributed by atoms with Gasteiger partial charge in [0.05, 0.1) is 17.4 Å². The van der Waals surface area contributed by atoms with Crippen LogP contribution in [0.3, 0.4) is 0 Å². The molecule has 0 aliphatic carbocycles. The van der Waals surface area contributed by atoms with E-state index in [1.165, 1.54) is 25.2 Å². The van der Waals surface area contributed by atoms with Crippen molar-refractivity contribution in [1.29, 1.82) is 5.26 Å². The number of halogens is 2. The Bertz CT molecular complexity index is 643. The lowest BCUT2D eigenvalue weighted by Crippen LogP contribution is -2.32. The van der Waals surface area contributed by atoms with Crippen molar-refractivity contribution in [2.75, 3.05) is 12.4 Å². The topological polar surface area (TPSA) is 117 Å². The van der Waals surface area contributed by atoms with Crippen LogP contribution < -0.4 is 22.6 Å². The van der Waals surface area contributed by atoms with Crippen molar-refractivity contribution < 1.29 is 8.78 Å². The standard InChI is InChI=1S/C14H18F2N6/c1-8(13(18)19)6-10(15)14(22(2)20)21-11-5-3-4-9(7-17)12(11)16/h3-6,13,21H,18-20H2,1-2H3/b8-6+,14-10+. The van der Waals surface area contributed by atoms with Gasteiger partial charge in [0.1, 0.15) is 6.07 Å². The SMILES string of the molecule is C/C(=C\C(F)=C(\Nc1cccc(C#N)c1F)N(C)N)C(N)N. The van der Waals surface area contributed by atoms with E-state index >= 15 is 0 Å². The van der Waals surface area contributed by atoms with E-state index in [1.54, 1.807) is 13.0 Å². The first-order valence-electron chi connectivity index (χ1n) is 6.31. The Morgan fingerprint density at radius 3 is 2.59 bits per heavy atom. The molecule has 118 valence electrons. The number of nitriles is 1. The van der Waals surface area contributed by atoms with Crippen molar-refractivity contribution in [1.82, 2.24) is 5.01 Å². The quantitative estimate of drug-likeness (QED) is 0.281. The van der Waals surface area contributed by atoms with E-state index in [1.807, 2.05) is 0 Å². The number of rotatable bonds is 5. The maximum Gasteiger partial charge on any atom is 0.165 e. The van der Waals surface area contributed by atoms with Gasteiger partial charge in [0.25, 0.3) is 0 Å². The molecule has 0 saturated carbocycles. The first-order valence-corrected chi connectivity index (χ1v) is 6.31. The molecule has 0 aliphatic rings. The molecular formula is C14H18F2N6. The van der Waals surface area contributed by atoms with Crippen LogP contribution in [0.2, 0.25) is 0 Å². The number of allylic oxidation sites excluding steroid dienone is 2. The summed E-state index contributed by atoms with van der Waals surface area (Å²) in [5, 5.41) is 12.3. The van der Waals surface area contributed by atoms with Crippen molar-refractivity contribution in [3.63, 3.8) is 0 Å². The van der Waals surface area contributed by atoms with Crippen molar-refractivity contribution in [3.05, 3.63) is 52.9 Å². The first-order chi connectivity index (χ1) is 10.3. The molecule has 0 aliphatic heterocycles. The molecule has 1 aromatic carbocycles. The summed E-state index contributed by atoms with van der Waals surface area (Å²) < 4.78 is 28.3. The van der Waals surface area contributed by atoms with Gasteiger partial charge in [-0.15, -0.1) is 0 Å². The van der Waals surface area contributed by atoms with Crippen LogP contribution in [-0.2, 0) is 0 Å². The van der Waals surface area contributed by atoms with Gasteiger partial charge in [-0.1, -0.05) is 6.07 Å². The molecule has 0 heterocycles. The molecule has 8 heteroatoms. The zero-order valence-corrected chi connectivity index (χ0v) is 12.3. The predicted molar refractivity (Wildman–Crippen MR) is 80.7 cm³/mol.